The van der Waals surface area contributed by atoms with Crippen LogP contribution in [0.5, 0.6) is 0 Å². The average molecular weight is 285 g/mol. The second-order valence-electron chi connectivity index (χ2n) is 1.78. The smallest absolute Gasteiger partial charge is 0.330 e. The van der Waals surface area contributed by atoms with Gasteiger partial charge < -0.3 is 4.84 Å². The predicted molar refractivity (Wildman–Crippen MR) is 48.2 cm³/mol. The number of imide groups is 1. The van der Waals surface area contributed by atoms with Gasteiger partial charge in [0.15, 0.2) is 0 Å². The summed E-state index contributed by atoms with van der Waals surface area (Å²) in [6, 6.07) is 0. The van der Waals surface area contributed by atoms with Crippen LogP contribution < -0.4 is 0 Å². The molecule has 0 rings (SSSR count). The number of hydrogen-bond acceptors (Lipinski definition) is 4. The number of carbonyl (C=O) groups excluding carboxylic acids is 3. The Morgan fingerprint density at radius 2 is 2.17 bits per heavy atom. The van der Waals surface area contributed by atoms with Gasteiger partial charge in [0.2, 0.25) is 0 Å². The molecule has 0 aromatic carbocycles. The molecule has 12 heavy (non-hydrogen) atoms. The molecule has 0 spiro atoms. The zero-order valence-corrected chi connectivity index (χ0v) is 8.61. The summed E-state index contributed by atoms with van der Waals surface area (Å²) in [7, 11) is 0. The van der Waals surface area contributed by atoms with Crippen molar-refractivity contribution in [2.24, 2.45) is 0 Å². The monoisotopic (exact) mass is 285 g/mol. The topological polar surface area (TPSA) is 63.7 Å². The summed E-state index contributed by atoms with van der Waals surface area (Å²) in [4.78, 5) is 36.0. The highest BCUT2D eigenvalue weighted by molar-refractivity contribution is 14.1. The Bertz CT molecular complexity index is 194. The lowest BCUT2D eigenvalue weighted by Crippen LogP contribution is -2.32. The lowest BCUT2D eigenvalue weighted by atomic mass is 10.5. The summed E-state index contributed by atoms with van der Waals surface area (Å²) in [6.07, 6.45) is 0.295. The molecule has 2 amide bonds. The minimum atomic E-state index is -0.621. The zero-order valence-electron chi connectivity index (χ0n) is 6.45. The first kappa shape index (κ1) is 11.3. The summed E-state index contributed by atoms with van der Waals surface area (Å²) in [5.41, 5.74) is 0. The minimum Gasteiger partial charge on any atom is -0.330 e. The molecule has 0 atom stereocenters. The zero-order chi connectivity index (χ0) is 9.56. The van der Waals surface area contributed by atoms with Crippen LogP contribution in [0.1, 0.15) is 13.3 Å². The minimum absolute atomic E-state index is 0.0963. The maximum absolute atomic E-state index is 10.8. The van der Waals surface area contributed by atoms with E-state index in [1.54, 1.807) is 29.5 Å². The van der Waals surface area contributed by atoms with E-state index < -0.39 is 11.9 Å². The van der Waals surface area contributed by atoms with Gasteiger partial charge in [-0.25, -0.2) is 4.79 Å². The number of amides is 2. The molecule has 0 fully saturated rings. The first-order valence-electron chi connectivity index (χ1n) is 3.19. The van der Waals surface area contributed by atoms with Crippen LogP contribution in [0.15, 0.2) is 0 Å². The molecule has 68 valence electrons. The second-order valence-corrected chi connectivity index (χ2v) is 2.54. The van der Waals surface area contributed by atoms with Gasteiger partial charge in [0.05, 0.1) is 0 Å². The summed E-state index contributed by atoms with van der Waals surface area (Å²) in [6.45, 7) is 1.57. The molecule has 0 unspecified atom stereocenters. The summed E-state index contributed by atoms with van der Waals surface area (Å²) in [5.74, 6) is -1.16. The molecule has 0 radical (unpaired) electrons. The van der Waals surface area contributed by atoms with Gasteiger partial charge in [-0.3, -0.25) is 9.59 Å². The maximum atomic E-state index is 10.8. The van der Waals surface area contributed by atoms with Crippen molar-refractivity contribution in [3.8, 4) is 0 Å². The maximum Gasteiger partial charge on any atom is 0.342 e. The third-order valence-electron chi connectivity index (χ3n) is 0.953. The highest BCUT2D eigenvalue weighted by Crippen LogP contribution is 1.94. The van der Waals surface area contributed by atoms with Crippen molar-refractivity contribution >= 4 is 40.9 Å². The molecule has 0 bridgehead atoms. The molecule has 6 heteroatoms. The van der Waals surface area contributed by atoms with Crippen LogP contribution in [0.3, 0.4) is 0 Å². The Hall–Kier alpha value is -0.660. The Kier molecular flexibility index (Phi) is 5.60. The molecule has 0 heterocycles. The van der Waals surface area contributed by atoms with E-state index in [1.807, 2.05) is 0 Å². The molecule has 0 saturated heterocycles. The van der Waals surface area contributed by atoms with Gasteiger partial charge in [-0.1, -0.05) is 29.5 Å². The summed E-state index contributed by atoms with van der Waals surface area (Å²) < 4.78 is 0.0963. The van der Waals surface area contributed by atoms with E-state index in [1.165, 1.54) is 0 Å². The van der Waals surface area contributed by atoms with E-state index in [4.69, 9.17) is 0 Å². The number of hydrogen-bond donors (Lipinski definition) is 0. The van der Waals surface area contributed by atoms with Gasteiger partial charge in [-0.2, -0.15) is 0 Å². The van der Waals surface area contributed by atoms with Crippen molar-refractivity contribution in [3.05, 3.63) is 0 Å². The number of alkyl halides is 1. The molecular weight excluding hydrogens is 277 g/mol. The molecule has 5 nitrogen and oxygen atoms in total. The number of nitrogens with zero attached hydrogens (tertiary/aromatic N) is 1. The van der Waals surface area contributed by atoms with Gasteiger partial charge in [-0.05, 0) is 0 Å². The van der Waals surface area contributed by atoms with Crippen LogP contribution in [0, 0.1) is 0 Å². The van der Waals surface area contributed by atoms with Crippen LogP contribution in [0.25, 0.3) is 0 Å². The SMILES string of the molecule is CCC(=O)N(C=O)OC(=O)CI. The van der Waals surface area contributed by atoms with Crippen molar-refractivity contribution in [1.29, 1.82) is 0 Å². The van der Waals surface area contributed by atoms with E-state index in [9.17, 15) is 14.4 Å². The predicted octanol–water partition coefficient (Wildman–Crippen LogP) is 0.275. The van der Waals surface area contributed by atoms with Crippen molar-refractivity contribution in [3.63, 3.8) is 0 Å². The molecule has 0 aromatic rings. The van der Waals surface area contributed by atoms with E-state index in [0.717, 1.165) is 0 Å². The fourth-order valence-corrected chi connectivity index (χ4v) is 0.560. The number of hydroxylamine groups is 2. The lowest BCUT2D eigenvalue weighted by molar-refractivity contribution is -0.194. The summed E-state index contributed by atoms with van der Waals surface area (Å²) in [5, 5.41) is 0.404. The molecule has 0 saturated carbocycles. The highest BCUT2D eigenvalue weighted by atomic mass is 127. The third kappa shape index (κ3) is 3.65. The van der Waals surface area contributed by atoms with Crippen LogP contribution in [0.2, 0.25) is 0 Å². The van der Waals surface area contributed by atoms with E-state index in [2.05, 4.69) is 4.84 Å². The van der Waals surface area contributed by atoms with Crippen LogP contribution in [-0.2, 0) is 19.2 Å². The normalized spacial score (nSPS) is 8.83. The van der Waals surface area contributed by atoms with Crippen LogP contribution in [0.4, 0.5) is 0 Å². The van der Waals surface area contributed by atoms with Gasteiger partial charge in [0.1, 0.15) is 4.43 Å². The molecule has 0 aliphatic heterocycles. The standard InChI is InChI=1S/C6H8INO4/c1-2-5(10)8(4-9)12-6(11)3-7/h4H,2-3H2,1H3. The first-order chi connectivity index (χ1) is 5.65. The Morgan fingerprint density at radius 1 is 1.58 bits per heavy atom. The Morgan fingerprint density at radius 3 is 2.50 bits per heavy atom. The van der Waals surface area contributed by atoms with E-state index in [-0.39, 0.29) is 17.3 Å². The number of halogens is 1. The van der Waals surface area contributed by atoms with Crippen molar-refractivity contribution in [2.75, 3.05) is 4.43 Å². The fourth-order valence-electron chi connectivity index (χ4n) is 0.421. The van der Waals surface area contributed by atoms with Crippen molar-refractivity contribution in [2.45, 2.75) is 13.3 Å². The molecule has 0 aliphatic rings. The van der Waals surface area contributed by atoms with E-state index >= 15 is 0 Å². The largest absolute Gasteiger partial charge is 0.342 e. The Labute approximate surface area is 83.1 Å². The average Bonchev–Trinajstić information content (AvgIpc) is 2.12. The fraction of sp³-hybridized carbons (Fsp3) is 0.500. The Balaban J connectivity index is 4.08. The van der Waals surface area contributed by atoms with Gasteiger partial charge in [0.25, 0.3) is 12.3 Å². The molecular formula is C6H8INO4. The van der Waals surface area contributed by atoms with Crippen LogP contribution >= 0.6 is 22.6 Å². The lowest BCUT2D eigenvalue weighted by Gasteiger charge is -2.11. The van der Waals surface area contributed by atoms with Crippen LogP contribution in [-0.4, -0.2) is 27.8 Å². The van der Waals surface area contributed by atoms with Crippen molar-refractivity contribution in [1.82, 2.24) is 5.06 Å². The summed E-state index contributed by atoms with van der Waals surface area (Å²) >= 11 is 1.77. The molecule has 0 N–H and O–H groups in total. The van der Waals surface area contributed by atoms with Gasteiger partial charge in [0, 0.05) is 6.42 Å². The molecule has 0 aliphatic carbocycles. The van der Waals surface area contributed by atoms with E-state index in [0.29, 0.717) is 5.06 Å². The number of carbonyl (C=O) groups is 3. The van der Waals surface area contributed by atoms with Gasteiger partial charge in [-0.15, -0.1) is 5.06 Å². The second kappa shape index (κ2) is 5.92. The number of rotatable bonds is 3. The molecule has 0 aromatic heterocycles. The first-order valence-corrected chi connectivity index (χ1v) is 4.72. The third-order valence-corrected chi connectivity index (χ3v) is 1.58. The highest BCUT2D eigenvalue weighted by Gasteiger charge is 2.14. The van der Waals surface area contributed by atoms with Crippen molar-refractivity contribution < 1.29 is 19.2 Å². The quantitative estimate of drug-likeness (QED) is 0.323. The van der Waals surface area contributed by atoms with Gasteiger partial charge >= 0.3 is 5.97 Å².